The van der Waals surface area contributed by atoms with Gasteiger partial charge < -0.3 is 9.47 Å². The predicted molar refractivity (Wildman–Crippen MR) is 86.4 cm³/mol. The maximum atomic E-state index is 13.6. The smallest absolute Gasteiger partial charge is 0.335 e. The average molecular weight is 319 g/mol. The molecular weight excluding hydrogens is 297 g/mol. The Morgan fingerprint density at radius 1 is 1.30 bits per heavy atom. The predicted octanol–water partition coefficient (Wildman–Crippen LogP) is 3.87. The van der Waals surface area contributed by atoms with Crippen molar-refractivity contribution >= 4 is 16.9 Å². The van der Waals surface area contributed by atoms with Crippen molar-refractivity contribution in [3.8, 4) is 0 Å². The minimum Gasteiger partial charge on any atom is -0.459 e. The van der Waals surface area contributed by atoms with Gasteiger partial charge in [-0.3, -0.25) is 4.98 Å². The maximum Gasteiger partial charge on any atom is 0.335 e. The fraction of sp³-hybridized carbons (Fsp3) is 0.444. The number of aromatic nitrogens is 1. The first kappa shape index (κ1) is 17.3. The molecule has 2 aromatic rings. The van der Waals surface area contributed by atoms with Crippen molar-refractivity contribution in [2.24, 2.45) is 5.92 Å². The highest BCUT2D eigenvalue weighted by Crippen LogP contribution is 2.19. The highest BCUT2D eigenvalue weighted by atomic mass is 19.1. The zero-order chi connectivity index (χ0) is 16.8. The van der Waals surface area contributed by atoms with E-state index in [-0.39, 0.29) is 12.4 Å². The lowest BCUT2D eigenvalue weighted by Gasteiger charge is -2.14. The van der Waals surface area contributed by atoms with E-state index in [4.69, 9.17) is 9.47 Å². The molecular formula is C18H22FNO3. The molecule has 23 heavy (non-hydrogen) atoms. The van der Waals surface area contributed by atoms with Crippen LogP contribution in [-0.2, 0) is 20.9 Å². The van der Waals surface area contributed by atoms with Crippen LogP contribution in [0.15, 0.2) is 30.5 Å². The van der Waals surface area contributed by atoms with Crippen molar-refractivity contribution in [3.63, 3.8) is 0 Å². The topological polar surface area (TPSA) is 48.4 Å². The molecule has 0 radical (unpaired) electrons. The third-order valence-electron chi connectivity index (χ3n) is 3.51. The van der Waals surface area contributed by atoms with Crippen LogP contribution in [0.2, 0.25) is 0 Å². The SMILES string of the molecule is CC(C)CCOC(C)C(=O)OCc1cc(F)cc2cccnc12. The first-order valence-electron chi connectivity index (χ1n) is 7.78. The number of nitrogens with zero attached hydrogens (tertiary/aromatic N) is 1. The van der Waals surface area contributed by atoms with Crippen LogP contribution < -0.4 is 0 Å². The largest absolute Gasteiger partial charge is 0.459 e. The van der Waals surface area contributed by atoms with Crippen LogP contribution in [-0.4, -0.2) is 23.7 Å². The summed E-state index contributed by atoms with van der Waals surface area (Å²) in [7, 11) is 0. The van der Waals surface area contributed by atoms with E-state index in [1.807, 2.05) is 0 Å². The molecule has 0 bridgehead atoms. The Balaban J connectivity index is 1.96. The van der Waals surface area contributed by atoms with Crippen LogP contribution in [0.4, 0.5) is 4.39 Å². The number of pyridine rings is 1. The summed E-state index contributed by atoms with van der Waals surface area (Å²) in [6.07, 6.45) is 1.88. The van der Waals surface area contributed by atoms with Crippen molar-refractivity contribution in [2.75, 3.05) is 6.61 Å². The minimum absolute atomic E-state index is 0.0258. The standard InChI is InChI=1S/C18H22FNO3/c1-12(2)6-8-22-13(3)18(21)23-11-15-10-16(19)9-14-5-4-7-20-17(14)15/h4-5,7,9-10,12-13H,6,8,11H2,1-3H3. The van der Waals surface area contributed by atoms with Gasteiger partial charge in [0.1, 0.15) is 12.4 Å². The molecule has 124 valence electrons. The van der Waals surface area contributed by atoms with Crippen LogP contribution in [0.1, 0.15) is 32.8 Å². The molecule has 1 aromatic heterocycles. The quantitative estimate of drug-likeness (QED) is 0.727. The van der Waals surface area contributed by atoms with Gasteiger partial charge in [-0.25, -0.2) is 9.18 Å². The van der Waals surface area contributed by atoms with Gasteiger partial charge in [0.2, 0.25) is 0 Å². The van der Waals surface area contributed by atoms with E-state index in [0.29, 0.717) is 29.0 Å². The second-order valence-corrected chi connectivity index (χ2v) is 5.94. The van der Waals surface area contributed by atoms with Gasteiger partial charge in [0.25, 0.3) is 0 Å². The average Bonchev–Trinajstić information content (AvgIpc) is 2.51. The number of carbonyl (C=O) groups excluding carboxylic acids is 1. The van der Waals surface area contributed by atoms with E-state index in [0.717, 1.165) is 6.42 Å². The maximum absolute atomic E-state index is 13.6. The number of esters is 1. The molecule has 2 rings (SSSR count). The third kappa shape index (κ3) is 4.99. The second kappa shape index (κ2) is 8.02. The zero-order valence-corrected chi connectivity index (χ0v) is 13.7. The van der Waals surface area contributed by atoms with Crippen LogP contribution in [0.3, 0.4) is 0 Å². The number of benzene rings is 1. The Morgan fingerprint density at radius 2 is 2.09 bits per heavy atom. The van der Waals surface area contributed by atoms with Gasteiger partial charge in [-0.1, -0.05) is 19.9 Å². The summed E-state index contributed by atoms with van der Waals surface area (Å²) in [6.45, 7) is 6.33. The summed E-state index contributed by atoms with van der Waals surface area (Å²) < 4.78 is 24.3. The summed E-state index contributed by atoms with van der Waals surface area (Å²) in [5.41, 5.74) is 1.18. The van der Waals surface area contributed by atoms with Gasteiger partial charge in [-0.15, -0.1) is 0 Å². The molecule has 0 amide bonds. The Hall–Kier alpha value is -2.01. The summed E-state index contributed by atoms with van der Waals surface area (Å²) in [4.78, 5) is 16.2. The molecule has 0 spiro atoms. The molecule has 0 aliphatic carbocycles. The molecule has 4 nitrogen and oxygen atoms in total. The van der Waals surface area contributed by atoms with Gasteiger partial charge in [0.05, 0.1) is 5.52 Å². The van der Waals surface area contributed by atoms with E-state index in [2.05, 4.69) is 18.8 Å². The molecule has 1 aromatic carbocycles. The van der Waals surface area contributed by atoms with Gasteiger partial charge in [-0.2, -0.15) is 0 Å². The van der Waals surface area contributed by atoms with Crippen LogP contribution >= 0.6 is 0 Å². The molecule has 5 heteroatoms. The highest BCUT2D eigenvalue weighted by Gasteiger charge is 2.16. The fourth-order valence-corrected chi connectivity index (χ4v) is 2.15. The van der Waals surface area contributed by atoms with Crippen LogP contribution in [0.25, 0.3) is 10.9 Å². The lowest BCUT2D eigenvalue weighted by molar-refractivity contribution is -0.157. The van der Waals surface area contributed by atoms with Crippen molar-refractivity contribution in [3.05, 3.63) is 41.8 Å². The van der Waals surface area contributed by atoms with E-state index >= 15 is 0 Å². The molecule has 1 unspecified atom stereocenters. The number of hydrogen-bond acceptors (Lipinski definition) is 4. The number of carbonyl (C=O) groups is 1. The molecule has 0 saturated heterocycles. The Morgan fingerprint density at radius 3 is 2.83 bits per heavy atom. The second-order valence-electron chi connectivity index (χ2n) is 5.94. The van der Waals surface area contributed by atoms with Crippen LogP contribution in [0.5, 0.6) is 0 Å². The molecule has 1 atom stereocenters. The van der Waals surface area contributed by atoms with E-state index < -0.39 is 12.1 Å². The number of fused-ring (bicyclic) bond motifs is 1. The summed E-state index contributed by atoms with van der Waals surface area (Å²) in [5, 5.41) is 0.680. The van der Waals surface area contributed by atoms with Crippen molar-refractivity contribution < 1.29 is 18.7 Å². The van der Waals surface area contributed by atoms with Gasteiger partial charge in [-0.05, 0) is 37.5 Å². The highest BCUT2D eigenvalue weighted by molar-refractivity contribution is 5.82. The normalized spacial score (nSPS) is 12.6. The lowest BCUT2D eigenvalue weighted by Crippen LogP contribution is -2.24. The van der Waals surface area contributed by atoms with Gasteiger partial charge >= 0.3 is 5.97 Å². The molecule has 1 heterocycles. The van der Waals surface area contributed by atoms with Crippen molar-refractivity contribution in [1.82, 2.24) is 4.98 Å². The number of halogens is 1. The number of hydrogen-bond donors (Lipinski definition) is 0. The van der Waals surface area contributed by atoms with Crippen molar-refractivity contribution in [1.29, 1.82) is 0 Å². The molecule has 0 aliphatic rings. The van der Waals surface area contributed by atoms with Gasteiger partial charge in [0, 0.05) is 23.8 Å². The van der Waals surface area contributed by atoms with Crippen molar-refractivity contribution in [2.45, 2.75) is 39.9 Å². The minimum atomic E-state index is -0.637. The molecule has 0 aliphatic heterocycles. The Kier molecular flexibility index (Phi) is 6.04. The van der Waals surface area contributed by atoms with E-state index in [9.17, 15) is 9.18 Å². The summed E-state index contributed by atoms with van der Waals surface area (Å²) in [6, 6.07) is 6.26. The molecule has 0 N–H and O–H groups in total. The third-order valence-corrected chi connectivity index (χ3v) is 3.51. The first-order valence-corrected chi connectivity index (χ1v) is 7.78. The molecule has 0 fully saturated rings. The van der Waals surface area contributed by atoms with Crippen LogP contribution in [0, 0.1) is 11.7 Å². The Bertz CT molecular complexity index is 672. The monoisotopic (exact) mass is 319 g/mol. The first-order chi connectivity index (χ1) is 11.0. The lowest BCUT2D eigenvalue weighted by atomic mass is 10.1. The van der Waals surface area contributed by atoms with E-state index in [1.165, 1.54) is 12.1 Å². The number of rotatable bonds is 7. The summed E-state index contributed by atoms with van der Waals surface area (Å²) in [5.74, 6) is -0.317. The fourth-order valence-electron chi connectivity index (χ4n) is 2.15. The summed E-state index contributed by atoms with van der Waals surface area (Å²) >= 11 is 0. The zero-order valence-electron chi connectivity index (χ0n) is 13.7. The Labute approximate surface area is 135 Å². The number of ether oxygens (including phenoxy) is 2. The molecule has 0 saturated carbocycles. The van der Waals surface area contributed by atoms with Gasteiger partial charge in [0.15, 0.2) is 6.10 Å². The van der Waals surface area contributed by atoms with E-state index in [1.54, 1.807) is 25.3 Å².